The van der Waals surface area contributed by atoms with E-state index in [0.717, 1.165) is 32.0 Å². The molecule has 4 heteroatoms. The van der Waals surface area contributed by atoms with Crippen LogP contribution in [0.2, 0.25) is 0 Å². The maximum Gasteiger partial charge on any atom is 0.225 e. The Morgan fingerprint density at radius 1 is 1.21 bits per heavy atom. The summed E-state index contributed by atoms with van der Waals surface area (Å²) in [7, 11) is 4.31. The zero-order valence-corrected chi connectivity index (χ0v) is 12.1. The second kappa shape index (κ2) is 4.72. The van der Waals surface area contributed by atoms with Gasteiger partial charge in [-0.1, -0.05) is 0 Å². The van der Waals surface area contributed by atoms with Crippen molar-refractivity contribution in [1.29, 1.82) is 0 Å². The molecule has 19 heavy (non-hydrogen) atoms. The van der Waals surface area contributed by atoms with Gasteiger partial charge in [0.05, 0.1) is 0 Å². The molecule has 0 N–H and O–H groups in total. The Hall–Kier alpha value is -0.640. The fourth-order valence-corrected chi connectivity index (χ4v) is 3.92. The number of rotatable bonds is 2. The van der Waals surface area contributed by atoms with E-state index in [0.29, 0.717) is 18.3 Å². The Balaban J connectivity index is 1.47. The normalized spacial score (nSPS) is 34.2. The summed E-state index contributed by atoms with van der Waals surface area (Å²) in [4.78, 5) is 16.5. The number of halogens is 1. The number of carbonyl (C=O) groups excluding carboxylic acids is 1. The van der Waals surface area contributed by atoms with Gasteiger partial charge in [0.1, 0.15) is 6.17 Å². The highest BCUT2D eigenvalue weighted by atomic mass is 19.1. The second-order valence-corrected chi connectivity index (χ2v) is 7.12. The molecular weight excluding hydrogens is 243 g/mol. The van der Waals surface area contributed by atoms with Crippen molar-refractivity contribution in [2.75, 3.05) is 27.2 Å². The fraction of sp³-hybridized carbons (Fsp3) is 0.933. The molecule has 108 valence electrons. The topological polar surface area (TPSA) is 23.6 Å². The first-order valence-corrected chi connectivity index (χ1v) is 7.58. The molecule has 3 nitrogen and oxygen atoms in total. The number of hydrogen-bond acceptors (Lipinski definition) is 2. The number of amides is 1. The highest BCUT2D eigenvalue weighted by Crippen LogP contribution is 2.50. The molecule has 1 aliphatic heterocycles. The van der Waals surface area contributed by atoms with Crippen LogP contribution >= 0.6 is 0 Å². The van der Waals surface area contributed by atoms with Crippen molar-refractivity contribution in [1.82, 2.24) is 9.80 Å². The Morgan fingerprint density at radius 2 is 1.79 bits per heavy atom. The van der Waals surface area contributed by atoms with Gasteiger partial charge in [-0.25, -0.2) is 4.39 Å². The van der Waals surface area contributed by atoms with Gasteiger partial charge in [0.25, 0.3) is 0 Å². The van der Waals surface area contributed by atoms with E-state index in [9.17, 15) is 9.18 Å². The lowest BCUT2D eigenvalue weighted by atomic mass is 9.60. The number of piperidine rings is 1. The summed E-state index contributed by atoms with van der Waals surface area (Å²) in [5, 5.41) is 0. The molecule has 0 bridgehead atoms. The van der Waals surface area contributed by atoms with E-state index >= 15 is 0 Å². The third-order valence-corrected chi connectivity index (χ3v) is 5.63. The van der Waals surface area contributed by atoms with Gasteiger partial charge in [-0.05, 0) is 58.0 Å². The third-order valence-electron chi connectivity index (χ3n) is 5.63. The highest BCUT2D eigenvalue weighted by molar-refractivity contribution is 5.80. The van der Waals surface area contributed by atoms with Crippen LogP contribution in [0.25, 0.3) is 0 Å². The molecule has 0 atom stereocenters. The van der Waals surface area contributed by atoms with E-state index in [1.54, 1.807) is 0 Å². The summed E-state index contributed by atoms with van der Waals surface area (Å²) in [5.74, 6) is 0.201. The molecule has 0 radical (unpaired) electrons. The van der Waals surface area contributed by atoms with E-state index in [1.807, 2.05) is 4.90 Å². The van der Waals surface area contributed by atoms with Gasteiger partial charge in [0.2, 0.25) is 5.91 Å². The van der Waals surface area contributed by atoms with Crippen molar-refractivity contribution >= 4 is 5.91 Å². The van der Waals surface area contributed by atoms with Crippen molar-refractivity contribution in [3.8, 4) is 0 Å². The minimum Gasteiger partial charge on any atom is -0.342 e. The summed E-state index contributed by atoms with van der Waals surface area (Å²) >= 11 is 0. The smallest absolute Gasteiger partial charge is 0.225 e. The molecule has 1 saturated heterocycles. The van der Waals surface area contributed by atoms with Crippen molar-refractivity contribution < 1.29 is 9.18 Å². The van der Waals surface area contributed by atoms with Gasteiger partial charge in [0.15, 0.2) is 0 Å². The maximum atomic E-state index is 12.8. The number of nitrogens with zero attached hydrogens (tertiary/aromatic N) is 2. The van der Waals surface area contributed by atoms with Gasteiger partial charge in [-0.3, -0.25) is 4.79 Å². The second-order valence-electron chi connectivity index (χ2n) is 7.12. The molecule has 1 amide bonds. The number of alkyl halides is 1. The highest BCUT2D eigenvalue weighted by Gasteiger charge is 2.48. The lowest BCUT2D eigenvalue weighted by Crippen LogP contribution is -2.55. The Labute approximate surface area is 115 Å². The average Bonchev–Trinajstić information content (AvgIpc) is 2.31. The van der Waals surface area contributed by atoms with E-state index in [-0.39, 0.29) is 11.8 Å². The first kappa shape index (κ1) is 13.3. The molecular formula is C15H25FN2O. The standard InChI is InChI=1S/C15H25FN2O/c1-17(2)13-9-15(10-13)3-5-18(6-4-15)14(19)11-7-12(16)8-11/h11-13H,3-10H2,1-2H3. The SMILES string of the molecule is CN(C)C1CC2(CCN(C(=O)C3CC(F)C3)CC2)C1. The van der Waals surface area contributed by atoms with Crippen LogP contribution in [0, 0.1) is 11.3 Å². The minimum absolute atomic E-state index is 0.0139. The first-order chi connectivity index (χ1) is 8.99. The predicted octanol–water partition coefficient (Wildman–Crippen LogP) is 2.07. The Morgan fingerprint density at radius 3 is 2.26 bits per heavy atom. The van der Waals surface area contributed by atoms with Gasteiger partial charge in [-0.15, -0.1) is 0 Å². The van der Waals surface area contributed by atoms with Crippen LogP contribution in [0.4, 0.5) is 4.39 Å². The quantitative estimate of drug-likeness (QED) is 0.765. The summed E-state index contributed by atoms with van der Waals surface area (Å²) < 4.78 is 12.8. The van der Waals surface area contributed by atoms with Gasteiger partial charge < -0.3 is 9.80 Å². The largest absolute Gasteiger partial charge is 0.342 e. The van der Waals surface area contributed by atoms with Crippen LogP contribution in [0.1, 0.15) is 38.5 Å². The van der Waals surface area contributed by atoms with Crippen LogP contribution < -0.4 is 0 Å². The number of hydrogen-bond donors (Lipinski definition) is 0. The molecule has 3 fully saturated rings. The molecule has 0 aromatic heterocycles. The maximum absolute atomic E-state index is 12.8. The lowest BCUT2D eigenvalue weighted by molar-refractivity contribution is -0.144. The van der Waals surface area contributed by atoms with Crippen LogP contribution in [0.3, 0.4) is 0 Å². The molecule has 1 spiro atoms. The molecule has 1 heterocycles. The van der Waals surface area contributed by atoms with Crippen LogP contribution in [0.15, 0.2) is 0 Å². The summed E-state index contributed by atoms with van der Waals surface area (Å²) in [6, 6.07) is 0.737. The minimum atomic E-state index is -0.724. The zero-order chi connectivity index (χ0) is 13.6. The predicted molar refractivity (Wildman–Crippen MR) is 72.6 cm³/mol. The van der Waals surface area contributed by atoms with Crippen molar-refractivity contribution in [3.05, 3.63) is 0 Å². The number of carbonyl (C=O) groups is 1. The van der Waals surface area contributed by atoms with E-state index in [2.05, 4.69) is 19.0 Å². The Kier molecular flexibility index (Phi) is 3.32. The molecule has 0 unspecified atom stereocenters. The van der Waals surface area contributed by atoms with Crippen molar-refractivity contribution in [3.63, 3.8) is 0 Å². The van der Waals surface area contributed by atoms with Crippen molar-refractivity contribution in [2.45, 2.75) is 50.7 Å². The van der Waals surface area contributed by atoms with E-state index in [4.69, 9.17) is 0 Å². The third kappa shape index (κ3) is 2.39. The average molecular weight is 268 g/mol. The molecule has 2 saturated carbocycles. The summed E-state index contributed by atoms with van der Waals surface area (Å²) in [6.45, 7) is 1.79. The van der Waals surface area contributed by atoms with Crippen LogP contribution in [0.5, 0.6) is 0 Å². The lowest BCUT2D eigenvalue weighted by Gasteiger charge is -2.54. The molecule has 2 aliphatic carbocycles. The summed E-state index contributed by atoms with van der Waals surface area (Å²) in [6.07, 6.45) is 5.07. The first-order valence-electron chi connectivity index (χ1n) is 7.58. The molecule has 0 aromatic rings. The summed E-state index contributed by atoms with van der Waals surface area (Å²) in [5.41, 5.74) is 0.508. The van der Waals surface area contributed by atoms with Gasteiger partial charge >= 0.3 is 0 Å². The monoisotopic (exact) mass is 268 g/mol. The number of likely N-dealkylation sites (tertiary alicyclic amines) is 1. The molecule has 0 aromatic carbocycles. The van der Waals surface area contributed by atoms with Crippen LogP contribution in [-0.4, -0.2) is 55.1 Å². The zero-order valence-electron chi connectivity index (χ0n) is 12.1. The van der Waals surface area contributed by atoms with Crippen molar-refractivity contribution in [2.24, 2.45) is 11.3 Å². The van der Waals surface area contributed by atoms with E-state index in [1.165, 1.54) is 12.8 Å². The molecule has 3 aliphatic rings. The molecule has 3 rings (SSSR count). The van der Waals surface area contributed by atoms with Gasteiger partial charge in [-0.2, -0.15) is 0 Å². The van der Waals surface area contributed by atoms with Crippen LogP contribution in [-0.2, 0) is 4.79 Å². The fourth-order valence-electron chi connectivity index (χ4n) is 3.92. The van der Waals surface area contributed by atoms with E-state index < -0.39 is 6.17 Å². The Bertz CT molecular complexity index is 349. The van der Waals surface area contributed by atoms with Gasteiger partial charge in [0, 0.05) is 25.0 Å².